The van der Waals surface area contributed by atoms with Crippen LogP contribution in [0.3, 0.4) is 0 Å². The molecule has 1 N–H and O–H groups in total. The number of hydrogen-bond donors (Lipinski definition) is 1. The molecule has 1 aromatic carbocycles. The lowest BCUT2D eigenvalue weighted by Gasteiger charge is -2.11. The lowest BCUT2D eigenvalue weighted by Crippen LogP contribution is -2.35. The van der Waals surface area contributed by atoms with Gasteiger partial charge in [-0.2, -0.15) is 18.3 Å². The Labute approximate surface area is 180 Å². The minimum Gasteiger partial charge on any atom is -0.439 e. The van der Waals surface area contributed by atoms with E-state index in [1.54, 1.807) is 37.0 Å². The van der Waals surface area contributed by atoms with Crippen LogP contribution in [0, 0.1) is 6.92 Å². The summed E-state index contributed by atoms with van der Waals surface area (Å²) in [5, 5.41) is 5.79. The van der Waals surface area contributed by atoms with Gasteiger partial charge in [-0.15, -0.1) is 0 Å². The number of nitrogens with one attached hydrogen (secondary N) is 1. The number of alkyl halides is 3. The molecule has 3 rings (SSSR count). The maximum Gasteiger partial charge on any atom is 0.422 e. The van der Waals surface area contributed by atoms with Crippen molar-refractivity contribution in [1.29, 1.82) is 0 Å². The molecule has 0 aliphatic carbocycles. The summed E-state index contributed by atoms with van der Waals surface area (Å²) in [7, 11) is -2.54. The average Bonchev–Trinajstić information content (AvgIpc) is 3.16. The third-order valence-electron chi connectivity index (χ3n) is 4.42. The van der Waals surface area contributed by atoms with Crippen molar-refractivity contribution in [2.45, 2.75) is 19.5 Å². The van der Waals surface area contributed by atoms with Crippen LogP contribution in [-0.2, 0) is 28.2 Å². The van der Waals surface area contributed by atoms with E-state index in [4.69, 9.17) is 11.6 Å². The van der Waals surface area contributed by atoms with Gasteiger partial charge in [-0.3, -0.25) is 4.68 Å². The van der Waals surface area contributed by atoms with Crippen molar-refractivity contribution in [3.63, 3.8) is 0 Å². The van der Waals surface area contributed by atoms with Gasteiger partial charge in [0.15, 0.2) is 6.61 Å². The molecule has 0 radical (unpaired) electrons. The van der Waals surface area contributed by atoms with Crippen LogP contribution in [0.5, 0.6) is 0 Å². The smallest absolute Gasteiger partial charge is 0.422 e. The van der Waals surface area contributed by atoms with Gasteiger partial charge in [-0.25, -0.2) is 17.9 Å². The number of hydrogen-bond acceptors (Lipinski definition) is 5. The van der Waals surface area contributed by atoms with Crippen molar-refractivity contribution in [2.24, 2.45) is 7.05 Å². The Hall–Kier alpha value is -2.73. The van der Waals surface area contributed by atoms with Crippen molar-refractivity contribution in [2.75, 3.05) is 12.4 Å². The van der Waals surface area contributed by atoms with Crippen LogP contribution < -0.4 is 4.72 Å². The summed E-state index contributed by atoms with van der Waals surface area (Å²) in [6, 6.07) is 7.18. The summed E-state index contributed by atoms with van der Waals surface area (Å²) < 4.78 is 69.4. The first-order valence-electron chi connectivity index (χ1n) is 8.90. The van der Waals surface area contributed by atoms with Gasteiger partial charge in [0.25, 0.3) is 0 Å². The molecule has 31 heavy (non-hydrogen) atoms. The quantitative estimate of drug-likeness (QED) is 0.585. The molecule has 0 fully saturated rings. The van der Waals surface area contributed by atoms with Gasteiger partial charge < -0.3 is 9.30 Å². The highest BCUT2D eigenvalue weighted by Crippen LogP contribution is 2.27. The van der Waals surface area contributed by atoms with Crippen LogP contribution in [0.2, 0.25) is 5.02 Å². The fourth-order valence-electron chi connectivity index (χ4n) is 3.17. The molecule has 0 atom stereocenters. The molecule has 0 aliphatic heterocycles. The van der Waals surface area contributed by atoms with Gasteiger partial charge in [0.2, 0.25) is 10.0 Å². The predicted octanol–water partition coefficient (Wildman–Crippen LogP) is 3.49. The van der Waals surface area contributed by atoms with Crippen molar-refractivity contribution in [3.05, 3.63) is 46.7 Å². The molecular weight excluding hydrogens is 461 g/mol. The topological polar surface area (TPSA) is 95.2 Å². The first kappa shape index (κ1) is 22.9. The molecule has 2 aromatic heterocycles. The van der Waals surface area contributed by atoms with Crippen molar-refractivity contribution >= 4 is 38.6 Å². The maximum atomic E-state index is 12.2. The number of ether oxygens (including phenoxy) is 1. The molecule has 0 saturated carbocycles. The molecule has 8 nitrogen and oxygen atoms in total. The summed E-state index contributed by atoms with van der Waals surface area (Å²) in [6.45, 7) is -0.177. The molecule has 1 amide bonds. The van der Waals surface area contributed by atoms with Gasteiger partial charge in [0, 0.05) is 29.2 Å². The summed E-state index contributed by atoms with van der Waals surface area (Å²) in [5.41, 5.74) is 2.00. The van der Waals surface area contributed by atoms with E-state index >= 15 is 0 Å². The Balaban J connectivity index is 1.81. The summed E-state index contributed by atoms with van der Waals surface area (Å²) in [5.74, 6) is 0.0586. The summed E-state index contributed by atoms with van der Waals surface area (Å²) in [4.78, 5) is 11.4. The lowest BCUT2D eigenvalue weighted by molar-refractivity contribution is -0.160. The van der Waals surface area contributed by atoms with E-state index in [0.717, 1.165) is 10.9 Å². The fourth-order valence-corrected chi connectivity index (χ4v) is 4.24. The van der Waals surface area contributed by atoms with Crippen LogP contribution in [-0.4, -0.2) is 47.4 Å². The molecular formula is C18H18ClF3N4O4S. The number of halogens is 4. The maximum absolute atomic E-state index is 12.2. The molecule has 3 aromatic rings. The number of carbonyl (C=O) groups excluding carboxylic acids is 1. The lowest BCUT2D eigenvalue weighted by atomic mass is 10.2. The molecule has 2 heterocycles. The minimum absolute atomic E-state index is 0.0375. The molecule has 168 valence electrons. The normalized spacial score (nSPS) is 12.3. The number of benzene rings is 1. The Bertz CT molecular complexity index is 1230. The SMILES string of the molecule is Cc1nn(C)c(-n2ccc3cc(Cl)ccc32)c1CCS(=O)(=O)NC(=O)OCC(F)(F)F. The molecule has 0 spiro atoms. The van der Waals surface area contributed by atoms with Gasteiger partial charge in [0.05, 0.1) is 17.0 Å². The largest absolute Gasteiger partial charge is 0.439 e. The van der Waals surface area contributed by atoms with E-state index in [-0.39, 0.29) is 6.42 Å². The Kier molecular flexibility index (Phi) is 6.23. The second-order valence-electron chi connectivity index (χ2n) is 6.76. The number of carbonyl (C=O) groups is 1. The average molecular weight is 479 g/mol. The highest BCUT2D eigenvalue weighted by atomic mass is 35.5. The number of amides is 1. The Morgan fingerprint density at radius 2 is 2.00 bits per heavy atom. The van der Waals surface area contributed by atoms with Gasteiger partial charge in [-0.1, -0.05) is 11.6 Å². The van der Waals surface area contributed by atoms with Gasteiger partial charge >= 0.3 is 12.3 Å². The standard InChI is InChI=1S/C18H18ClF3N4O4S/c1-11-14(6-8-31(28,29)24-17(27)30-10-18(20,21)22)16(25(2)23-11)26-7-5-12-9-13(19)3-4-15(12)26/h3-5,7,9H,6,8,10H2,1-2H3,(H,24,27). The van der Waals surface area contributed by atoms with E-state index < -0.39 is 34.7 Å². The second kappa shape index (κ2) is 8.42. The van der Waals surface area contributed by atoms with Crippen LogP contribution >= 0.6 is 11.6 Å². The van der Waals surface area contributed by atoms with Crippen LogP contribution in [0.25, 0.3) is 16.7 Å². The zero-order chi connectivity index (χ0) is 23.0. The number of fused-ring (bicyclic) bond motifs is 1. The van der Waals surface area contributed by atoms with Crippen molar-refractivity contribution in [1.82, 2.24) is 19.1 Å². The number of aromatic nitrogens is 3. The highest BCUT2D eigenvalue weighted by molar-refractivity contribution is 7.90. The number of nitrogens with zero attached hydrogens (tertiary/aromatic N) is 3. The Morgan fingerprint density at radius 1 is 1.29 bits per heavy atom. The first-order valence-corrected chi connectivity index (χ1v) is 10.9. The third-order valence-corrected chi connectivity index (χ3v) is 5.87. The first-order chi connectivity index (χ1) is 14.4. The van der Waals surface area contributed by atoms with Crippen LogP contribution in [0.1, 0.15) is 11.3 Å². The predicted molar refractivity (Wildman–Crippen MR) is 108 cm³/mol. The van der Waals surface area contributed by atoms with E-state index in [1.807, 2.05) is 16.7 Å². The van der Waals surface area contributed by atoms with Crippen LogP contribution in [0.15, 0.2) is 30.5 Å². The van der Waals surface area contributed by atoms with Gasteiger partial charge in [0.1, 0.15) is 5.82 Å². The summed E-state index contributed by atoms with van der Waals surface area (Å²) in [6.07, 6.45) is -4.69. The third kappa shape index (κ3) is 5.50. The zero-order valence-corrected chi connectivity index (χ0v) is 18.0. The van der Waals surface area contributed by atoms with Gasteiger partial charge in [-0.05, 0) is 37.6 Å². The van der Waals surface area contributed by atoms with E-state index in [1.165, 1.54) is 4.72 Å². The highest BCUT2D eigenvalue weighted by Gasteiger charge is 2.30. The van der Waals surface area contributed by atoms with Crippen molar-refractivity contribution in [3.8, 4) is 5.82 Å². The molecule has 0 unspecified atom stereocenters. The van der Waals surface area contributed by atoms with Crippen LogP contribution in [0.4, 0.5) is 18.0 Å². The fraction of sp³-hybridized carbons (Fsp3) is 0.333. The summed E-state index contributed by atoms with van der Waals surface area (Å²) >= 11 is 6.03. The zero-order valence-electron chi connectivity index (χ0n) is 16.4. The number of rotatable bonds is 6. The molecule has 0 aliphatic rings. The number of sulfonamides is 1. The second-order valence-corrected chi connectivity index (χ2v) is 9.04. The molecule has 13 heteroatoms. The molecule has 0 bridgehead atoms. The molecule has 0 saturated heterocycles. The monoisotopic (exact) mass is 478 g/mol. The van der Waals surface area contributed by atoms with E-state index in [0.29, 0.717) is 22.1 Å². The van der Waals surface area contributed by atoms with E-state index in [2.05, 4.69) is 9.84 Å². The van der Waals surface area contributed by atoms with Crippen molar-refractivity contribution < 1.29 is 31.1 Å². The Morgan fingerprint density at radius 3 is 2.68 bits per heavy atom. The minimum atomic E-state index is -4.76. The van der Waals surface area contributed by atoms with E-state index in [9.17, 15) is 26.4 Å². The number of aryl methyl sites for hydroxylation is 2.